The molecule has 0 unspecified atom stereocenters. The van der Waals surface area contributed by atoms with Crippen molar-refractivity contribution in [2.75, 3.05) is 51.9 Å². The van der Waals surface area contributed by atoms with Gasteiger partial charge in [-0.3, -0.25) is 14.3 Å². The Morgan fingerprint density at radius 2 is 2.00 bits per heavy atom. The molecular formula is C28H37N9O2. The summed E-state index contributed by atoms with van der Waals surface area (Å²) < 4.78 is 1.82. The number of carbonyl (C=O) groups excluding carboxylic acids is 2. The van der Waals surface area contributed by atoms with Gasteiger partial charge < -0.3 is 25.8 Å². The molecule has 206 valence electrons. The molecule has 0 aliphatic rings. The number of unbranched alkanes of at least 4 members (excludes halogenated alkanes) is 1. The monoisotopic (exact) mass is 531 g/mol. The first-order valence-electron chi connectivity index (χ1n) is 12.8. The molecule has 0 saturated carbocycles. The summed E-state index contributed by atoms with van der Waals surface area (Å²) in [5.74, 6) is 6.90. The Hall–Kier alpha value is -4.43. The Morgan fingerprint density at radius 1 is 1.21 bits per heavy atom. The Labute approximate surface area is 229 Å². The maximum Gasteiger partial charge on any atom is 0.246 e. The third kappa shape index (κ3) is 8.28. The molecule has 1 atom stereocenters. The summed E-state index contributed by atoms with van der Waals surface area (Å²) in [4.78, 5) is 37.0. The summed E-state index contributed by atoms with van der Waals surface area (Å²) in [5, 5.41) is 14.5. The van der Waals surface area contributed by atoms with Crippen molar-refractivity contribution in [3.63, 3.8) is 0 Å². The van der Waals surface area contributed by atoms with Crippen LogP contribution >= 0.6 is 0 Å². The topological polar surface area (TPSA) is 120 Å². The second-order valence-electron chi connectivity index (χ2n) is 9.36. The third-order valence-electron chi connectivity index (χ3n) is 6.07. The van der Waals surface area contributed by atoms with Gasteiger partial charge in [-0.05, 0) is 45.6 Å². The minimum atomic E-state index is -0.568. The SMILES string of the molecule is CNc1nc(Nc2ccc3c(cnn3C)c2)ncc1C#CCCCNC(=O)[C@H](C)N(C)C(=O)C=CCN(C)C. The van der Waals surface area contributed by atoms with Crippen LogP contribution in [0.2, 0.25) is 0 Å². The summed E-state index contributed by atoms with van der Waals surface area (Å²) in [5.41, 5.74) is 2.60. The number of benzene rings is 1. The molecule has 0 spiro atoms. The van der Waals surface area contributed by atoms with Crippen molar-refractivity contribution in [2.45, 2.75) is 25.8 Å². The number of anilines is 3. The largest absolute Gasteiger partial charge is 0.372 e. The fourth-order valence-electron chi connectivity index (χ4n) is 3.64. The van der Waals surface area contributed by atoms with Crippen molar-refractivity contribution < 1.29 is 9.59 Å². The van der Waals surface area contributed by atoms with Crippen LogP contribution in [0.25, 0.3) is 10.9 Å². The van der Waals surface area contributed by atoms with E-state index >= 15 is 0 Å². The Bertz CT molecular complexity index is 1380. The highest BCUT2D eigenvalue weighted by Gasteiger charge is 2.20. The van der Waals surface area contributed by atoms with Gasteiger partial charge in [-0.15, -0.1) is 0 Å². The van der Waals surface area contributed by atoms with Gasteiger partial charge in [0.1, 0.15) is 11.9 Å². The first-order valence-corrected chi connectivity index (χ1v) is 12.8. The Morgan fingerprint density at radius 3 is 2.74 bits per heavy atom. The van der Waals surface area contributed by atoms with E-state index in [2.05, 4.69) is 42.9 Å². The van der Waals surface area contributed by atoms with Gasteiger partial charge in [0.2, 0.25) is 17.8 Å². The molecule has 11 heteroatoms. The van der Waals surface area contributed by atoms with Crippen LogP contribution in [0.5, 0.6) is 0 Å². The van der Waals surface area contributed by atoms with Crippen LogP contribution in [-0.2, 0) is 16.6 Å². The van der Waals surface area contributed by atoms with E-state index in [-0.39, 0.29) is 11.8 Å². The summed E-state index contributed by atoms with van der Waals surface area (Å²) in [7, 11) is 9.16. The average molecular weight is 532 g/mol. The van der Waals surface area contributed by atoms with Crippen molar-refractivity contribution >= 4 is 40.2 Å². The smallest absolute Gasteiger partial charge is 0.246 e. The highest BCUT2D eigenvalue weighted by atomic mass is 16.2. The van der Waals surface area contributed by atoms with Crippen LogP contribution in [0, 0.1) is 11.8 Å². The van der Waals surface area contributed by atoms with E-state index in [9.17, 15) is 9.59 Å². The van der Waals surface area contributed by atoms with E-state index < -0.39 is 6.04 Å². The zero-order valence-electron chi connectivity index (χ0n) is 23.4. The molecule has 0 aliphatic carbocycles. The molecule has 2 aromatic heterocycles. The van der Waals surface area contributed by atoms with Gasteiger partial charge >= 0.3 is 0 Å². The standard InChI is InChI=1S/C28H37N9O2/c1-20(36(5)25(38)12-10-16-35(3)4)27(39)30-15-9-7-8-11-21-18-31-28(34-26(21)29-2)33-23-13-14-24-22(17-23)19-32-37(24)6/h10,12-14,17-20H,7,9,15-16H2,1-6H3,(H,30,39)(H2,29,31,33,34)/t20-/m0/s1. The number of likely N-dealkylation sites (N-methyl/N-ethyl adjacent to an activating group) is 2. The fraction of sp³-hybridized carbons (Fsp3) is 0.393. The number of fused-ring (bicyclic) bond motifs is 1. The molecular weight excluding hydrogens is 494 g/mol. The molecule has 1 aromatic carbocycles. The van der Waals surface area contributed by atoms with E-state index in [1.807, 2.05) is 55.1 Å². The van der Waals surface area contributed by atoms with Crippen LogP contribution in [0.1, 0.15) is 25.3 Å². The van der Waals surface area contributed by atoms with Crippen molar-refractivity contribution in [3.8, 4) is 11.8 Å². The predicted octanol–water partition coefficient (Wildman–Crippen LogP) is 2.36. The van der Waals surface area contributed by atoms with Gasteiger partial charge in [0.25, 0.3) is 0 Å². The molecule has 0 aliphatic heterocycles. The normalized spacial score (nSPS) is 11.8. The van der Waals surface area contributed by atoms with E-state index in [0.29, 0.717) is 43.3 Å². The highest BCUT2D eigenvalue weighted by Crippen LogP contribution is 2.21. The van der Waals surface area contributed by atoms with Crippen molar-refractivity contribution in [1.29, 1.82) is 0 Å². The molecule has 3 rings (SSSR count). The number of rotatable bonds is 11. The lowest BCUT2D eigenvalue weighted by atomic mass is 10.2. The molecule has 0 saturated heterocycles. The Balaban J connectivity index is 1.47. The van der Waals surface area contributed by atoms with Crippen LogP contribution in [0.15, 0.2) is 42.7 Å². The molecule has 3 N–H and O–H groups in total. The lowest BCUT2D eigenvalue weighted by Crippen LogP contribution is -2.45. The van der Waals surface area contributed by atoms with E-state index in [1.54, 1.807) is 33.3 Å². The van der Waals surface area contributed by atoms with E-state index in [0.717, 1.165) is 16.6 Å². The van der Waals surface area contributed by atoms with Gasteiger partial charge in [-0.25, -0.2) is 4.98 Å². The number of amides is 2. The molecule has 0 bridgehead atoms. The second-order valence-corrected chi connectivity index (χ2v) is 9.36. The van der Waals surface area contributed by atoms with Crippen LogP contribution < -0.4 is 16.0 Å². The molecule has 2 amide bonds. The summed E-state index contributed by atoms with van der Waals surface area (Å²) in [6, 6.07) is 5.38. The van der Waals surface area contributed by atoms with Gasteiger partial charge in [0.15, 0.2) is 0 Å². The molecule has 0 fully saturated rings. The predicted molar refractivity (Wildman–Crippen MR) is 155 cm³/mol. The Kier molecular flexibility index (Phi) is 10.4. The number of carbonyl (C=O) groups is 2. The van der Waals surface area contributed by atoms with Crippen LogP contribution in [-0.4, -0.2) is 88.7 Å². The number of nitrogens with one attached hydrogen (secondary N) is 3. The number of hydrogen-bond donors (Lipinski definition) is 3. The first kappa shape index (κ1) is 29.1. The summed E-state index contributed by atoms with van der Waals surface area (Å²) in [6.07, 6.45) is 8.03. The number of aryl methyl sites for hydroxylation is 1. The van der Waals surface area contributed by atoms with Gasteiger partial charge in [0.05, 0.1) is 23.5 Å². The van der Waals surface area contributed by atoms with Crippen LogP contribution in [0.3, 0.4) is 0 Å². The van der Waals surface area contributed by atoms with Gasteiger partial charge in [-0.1, -0.05) is 17.9 Å². The minimum absolute atomic E-state index is 0.198. The van der Waals surface area contributed by atoms with Crippen molar-refractivity contribution in [3.05, 3.63) is 48.3 Å². The number of aromatic nitrogens is 4. The van der Waals surface area contributed by atoms with Gasteiger partial charge in [0, 0.05) is 57.8 Å². The average Bonchev–Trinajstić information content (AvgIpc) is 3.29. The number of nitrogens with zero attached hydrogens (tertiary/aromatic N) is 6. The zero-order chi connectivity index (χ0) is 28.4. The molecule has 3 aromatic rings. The minimum Gasteiger partial charge on any atom is -0.372 e. The second kappa shape index (κ2) is 13.9. The molecule has 0 radical (unpaired) electrons. The summed E-state index contributed by atoms with van der Waals surface area (Å²) in [6.45, 7) is 2.84. The highest BCUT2D eigenvalue weighted by molar-refractivity contribution is 5.92. The maximum atomic E-state index is 12.4. The quantitative estimate of drug-likeness (QED) is 0.196. The maximum absolute atomic E-state index is 12.4. The summed E-state index contributed by atoms with van der Waals surface area (Å²) >= 11 is 0. The van der Waals surface area contributed by atoms with Gasteiger partial charge in [-0.2, -0.15) is 10.1 Å². The first-order chi connectivity index (χ1) is 18.7. The van der Waals surface area contributed by atoms with E-state index in [1.165, 1.54) is 11.0 Å². The lowest BCUT2D eigenvalue weighted by Gasteiger charge is -2.23. The fourth-order valence-corrected chi connectivity index (χ4v) is 3.64. The molecule has 2 heterocycles. The van der Waals surface area contributed by atoms with Crippen LogP contribution in [0.4, 0.5) is 17.5 Å². The third-order valence-corrected chi connectivity index (χ3v) is 6.07. The van der Waals surface area contributed by atoms with Crippen molar-refractivity contribution in [1.82, 2.24) is 34.9 Å². The molecule has 11 nitrogen and oxygen atoms in total. The zero-order valence-corrected chi connectivity index (χ0v) is 23.4. The molecule has 39 heavy (non-hydrogen) atoms. The van der Waals surface area contributed by atoms with E-state index in [4.69, 9.17) is 0 Å². The lowest BCUT2D eigenvalue weighted by molar-refractivity contribution is -0.135. The number of hydrogen-bond acceptors (Lipinski definition) is 8. The van der Waals surface area contributed by atoms with Crippen molar-refractivity contribution in [2.24, 2.45) is 7.05 Å².